The molecule has 1 amide bonds. The summed E-state index contributed by atoms with van der Waals surface area (Å²) in [6.07, 6.45) is 0. The van der Waals surface area contributed by atoms with Crippen LogP contribution >= 0.6 is 0 Å². The number of para-hydroxylation sites is 1. The number of benzene rings is 2. The smallest absolute Gasteiger partial charge is 0.337 e. The molecule has 3 aromatic rings. The molecule has 1 heterocycles. The van der Waals surface area contributed by atoms with E-state index in [4.69, 9.17) is 11.5 Å². The number of pyridine rings is 1. The second-order valence-corrected chi connectivity index (χ2v) is 4.60. The highest BCUT2D eigenvalue weighted by molar-refractivity contribution is 6.19. The molecule has 0 fully saturated rings. The third-order valence-corrected chi connectivity index (χ3v) is 3.37. The van der Waals surface area contributed by atoms with Gasteiger partial charge in [0.05, 0.1) is 27.8 Å². The molecule has 0 saturated heterocycles. The van der Waals surface area contributed by atoms with Gasteiger partial charge in [-0.15, -0.1) is 0 Å². The van der Waals surface area contributed by atoms with Crippen LogP contribution in [0, 0.1) is 0 Å². The van der Waals surface area contributed by atoms with Gasteiger partial charge >= 0.3 is 5.97 Å². The van der Waals surface area contributed by atoms with E-state index in [-0.39, 0.29) is 22.0 Å². The number of aromatic nitrogens is 1. The fraction of sp³-hybridized carbons (Fsp3) is 0. The highest BCUT2D eigenvalue weighted by atomic mass is 16.4. The number of primary amides is 1. The van der Waals surface area contributed by atoms with Crippen molar-refractivity contribution in [3.63, 3.8) is 0 Å². The Hall–Kier alpha value is -3.15. The molecule has 0 atom stereocenters. The Morgan fingerprint density at radius 3 is 2.38 bits per heavy atom. The van der Waals surface area contributed by atoms with Gasteiger partial charge in [0.2, 0.25) is 5.91 Å². The van der Waals surface area contributed by atoms with Crippen molar-refractivity contribution in [1.29, 1.82) is 0 Å². The molecule has 0 spiro atoms. The Morgan fingerprint density at radius 1 is 1.05 bits per heavy atom. The fourth-order valence-corrected chi connectivity index (χ4v) is 2.41. The zero-order chi connectivity index (χ0) is 15.1. The second kappa shape index (κ2) is 4.45. The van der Waals surface area contributed by atoms with E-state index < -0.39 is 11.9 Å². The molecular weight excluding hydrogens is 270 g/mol. The molecule has 0 aliphatic heterocycles. The molecular formula is C15H11N3O3. The molecule has 0 bridgehead atoms. The second-order valence-electron chi connectivity index (χ2n) is 4.60. The number of aromatic carboxylic acids is 1. The van der Waals surface area contributed by atoms with Gasteiger partial charge in [0.1, 0.15) is 0 Å². The number of carboxylic acids is 1. The van der Waals surface area contributed by atoms with E-state index in [1.54, 1.807) is 24.3 Å². The SMILES string of the molecule is NC(=O)c1ccc(C(=O)O)c2nc3ccccc3c(N)c12. The summed E-state index contributed by atoms with van der Waals surface area (Å²) in [5.74, 6) is -1.82. The van der Waals surface area contributed by atoms with Crippen LogP contribution in [0.3, 0.4) is 0 Å². The van der Waals surface area contributed by atoms with Crippen LogP contribution in [0.4, 0.5) is 5.69 Å². The quantitative estimate of drug-likeness (QED) is 0.618. The van der Waals surface area contributed by atoms with Crippen LogP contribution in [0.15, 0.2) is 36.4 Å². The van der Waals surface area contributed by atoms with Gasteiger partial charge in [-0.1, -0.05) is 18.2 Å². The Morgan fingerprint density at radius 2 is 1.71 bits per heavy atom. The molecule has 6 heteroatoms. The summed E-state index contributed by atoms with van der Waals surface area (Å²) in [6.45, 7) is 0. The minimum atomic E-state index is -1.14. The molecule has 5 N–H and O–H groups in total. The van der Waals surface area contributed by atoms with Gasteiger partial charge in [-0.3, -0.25) is 4.79 Å². The standard InChI is InChI=1S/C15H11N3O3/c16-12-7-3-1-2-4-10(7)18-13-9(15(20)21)6-5-8(11(12)13)14(17)19/h1-6H,(H2,16,18)(H2,17,19)(H,20,21). The van der Waals surface area contributed by atoms with Gasteiger partial charge < -0.3 is 16.6 Å². The first-order chi connectivity index (χ1) is 10.0. The lowest BCUT2D eigenvalue weighted by Gasteiger charge is -2.11. The van der Waals surface area contributed by atoms with E-state index in [0.29, 0.717) is 16.6 Å². The van der Waals surface area contributed by atoms with Crippen molar-refractivity contribution in [2.75, 3.05) is 5.73 Å². The van der Waals surface area contributed by atoms with Crippen molar-refractivity contribution in [2.24, 2.45) is 5.73 Å². The molecule has 0 aliphatic rings. The van der Waals surface area contributed by atoms with Crippen molar-refractivity contribution < 1.29 is 14.7 Å². The number of amides is 1. The van der Waals surface area contributed by atoms with E-state index in [1.807, 2.05) is 0 Å². The van der Waals surface area contributed by atoms with Crippen molar-refractivity contribution in [2.45, 2.75) is 0 Å². The predicted octanol–water partition coefficient (Wildman–Crippen LogP) is 1.77. The molecule has 0 unspecified atom stereocenters. The molecule has 6 nitrogen and oxygen atoms in total. The average Bonchev–Trinajstić information content (AvgIpc) is 2.46. The third-order valence-electron chi connectivity index (χ3n) is 3.37. The van der Waals surface area contributed by atoms with Crippen molar-refractivity contribution in [3.8, 4) is 0 Å². The number of nitrogen functional groups attached to an aromatic ring is 1. The topological polar surface area (TPSA) is 119 Å². The van der Waals surface area contributed by atoms with Gasteiger partial charge in [0.25, 0.3) is 0 Å². The van der Waals surface area contributed by atoms with Crippen molar-refractivity contribution in [1.82, 2.24) is 4.98 Å². The van der Waals surface area contributed by atoms with E-state index in [0.717, 1.165) is 0 Å². The first-order valence-corrected chi connectivity index (χ1v) is 6.14. The number of hydrogen-bond acceptors (Lipinski definition) is 4. The highest BCUT2D eigenvalue weighted by Gasteiger charge is 2.19. The third kappa shape index (κ3) is 1.85. The van der Waals surface area contributed by atoms with E-state index in [2.05, 4.69) is 4.98 Å². The number of carbonyl (C=O) groups excluding carboxylic acids is 1. The van der Waals surface area contributed by atoms with Gasteiger partial charge in [-0.05, 0) is 18.2 Å². The van der Waals surface area contributed by atoms with Gasteiger partial charge in [0.15, 0.2) is 0 Å². The van der Waals surface area contributed by atoms with Crippen LogP contribution in [0.2, 0.25) is 0 Å². The number of rotatable bonds is 2. The summed E-state index contributed by atoms with van der Waals surface area (Å²) in [7, 11) is 0. The molecule has 1 aromatic heterocycles. The summed E-state index contributed by atoms with van der Waals surface area (Å²) < 4.78 is 0. The lowest BCUT2D eigenvalue weighted by molar-refractivity contribution is 0.0698. The molecule has 104 valence electrons. The van der Waals surface area contributed by atoms with E-state index >= 15 is 0 Å². The molecule has 3 rings (SSSR count). The summed E-state index contributed by atoms with van der Waals surface area (Å²) in [5, 5.41) is 10.2. The number of carbonyl (C=O) groups is 2. The predicted molar refractivity (Wildman–Crippen MR) is 79.1 cm³/mol. The summed E-state index contributed by atoms with van der Waals surface area (Å²) in [5.41, 5.74) is 12.6. The minimum absolute atomic E-state index is 0.0209. The van der Waals surface area contributed by atoms with Crippen LogP contribution in [0.25, 0.3) is 21.8 Å². The van der Waals surface area contributed by atoms with Crippen molar-refractivity contribution >= 4 is 39.4 Å². The minimum Gasteiger partial charge on any atom is -0.478 e. The Kier molecular flexibility index (Phi) is 2.72. The maximum Gasteiger partial charge on any atom is 0.337 e. The zero-order valence-corrected chi connectivity index (χ0v) is 10.8. The number of nitrogens with zero attached hydrogens (tertiary/aromatic N) is 1. The molecule has 0 aliphatic carbocycles. The normalized spacial score (nSPS) is 10.9. The number of fused-ring (bicyclic) bond motifs is 2. The van der Waals surface area contributed by atoms with Crippen LogP contribution in [-0.2, 0) is 0 Å². The van der Waals surface area contributed by atoms with Gasteiger partial charge in [-0.25, -0.2) is 9.78 Å². The number of nitrogens with two attached hydrogens (primary N) is 2. The maximum atomic E-state index is 11.6. The van der Waals surface area contributed by atoms with E-state index in [1.165, 1.54) is 12.1 Å². The first-order valence-electron chi connectivity index (χ1n) is 6.14. The van der Waals surface area contributed by atoms with Gasteiger partial charge in [0, 0.05) is 10.8 Å². The average molecular weight is 281 g/mol. The summed E-state index contributed by atoms with van der Waals surface area (Å²) in [6, 6.07) is 9.73. The molecule has 0 saturated carbocycles. The maximum absolute atomic E-state index is 11.6. The summed E-state index contributed by atoms with van der Waals surface area (Å²) in [4.78, 5) is 27.3. The lowest BCUT2D eigenvalue weighted by Crippen LogP contribution is -2.14. The monoisotopic (exact) mass is 281 g/mol. The largest absolute Gasteiger partial charge is 0.478 e. The zero-order valence-electron chi connectivity index (χ0n) is 10.8. The summed E-state index contributed by atoms with van der Waals surface area (Å²) >= 11 is 0. The molecule has 2 aromatic carbocycles. The number of hydrogen-bond donors (Lipinski definition) is 3. The highest BCUT2D eigenvalue weighted by Crippen LogP contribution is 2.32. The molecule has 21 heavy (non-hydrogen) atoms. The Labute approximate surface area is 119 Å². The Balaban J connectivity index is 2.61. The van der Waals surface area contributed by atoms with E-state index in [9.17, 15) is 14.7 Å². The number of anilines is 1. The van der Waals surface area contributed by atoms with Crippen LogP contribution in [-0.4, -0.2) is 22.0 Å². The van der Waals surface area contributed by atoms with Crippen LogP contribution in [0.5, 0.6) is 0 Å². The number of carboxylic acid groups (broad SMARTS) is 1. The first kappa shape index (κ1) is 12.9. The van der Waals surface area contributed by atoms with Crippen LogP contribution < -0.4 is 11.5 Å². The van der Waals surface area contributed by atoms with Crippen LogP contribution in [0.1, 0.15) is 20.7 Å². The Bertz CT molecular complexity index is 919. The molecule has 0 radical (unpaired) electrons. The van der Waals surface area contributed by atoms with Crippen molar-refractivity contribution in [3.05, 3.63) is 47.5 Å². The van der Waals surface area contributed by atoms with Gasteiger partial charge in [-0.2, -0.15) is 0 Å². The lowest BCUT2D eigenvalue weighted by atomic mass is 9.99. The fourth-order valence-electron chi connectivity index (χ4n) is 2.41.